The molecule has 2 aliphatic heterocycles. The molecule has 112 valence electrons. The summed E-state index contributed by atoms with van der Waals surface area (Å²) in [7, 11) is 0. The van der Waals surface area contributed by atoms with Crippen molar-refractivity contribution in [2.45, 2.75) is 25.2 Å². The van der Waals surface area contributed by atoms with Crippen molar-refractivity contribution in [2.24, 2.45) is 0 Å². The number of aromatic amines is 1. The van der Waals surface area contributed by atoms with Crippen molar-refractivity contribution in [1.29, 1.82) is 0 Å². The van der Waals surface area contributed by atoms with Crippen LogP contribution in [0.1, 0.15) is 30.9 Å². The molecule has 1 aromatic rings. The normalized spacial score (nSPS) is 20.5. The summed E-state index contributed by atoms with van der Waals surface area (Å²) in [5, 5.41) is 5.51. The fourth-order valence-corrected chi connectivity index (χ4v) is 2.86. The first-order valence-corrected chi connectivity index (χ1v) is 7.20. The van der Waals surface area contributed by atoms with E-state index >= 15 is 0 Å². The van der Waals surface area contributed by atoms with E-state index in [4.69, 9.17) is 0 Å². The van der Waals surface area contributed by atoms with E-state index in [0.29, 0.717) is 5.92 Å². The largest absolute Gasteiger partial charge is 0.328 e. The van der Waals surface area contributed by atoms with Crippen LogP contribution in [-0.4, -0.2) is 36.6 Å². The van der Waals surface area contributed by atoms with Crippen molar-refractivity contribution in [2.75, 3.05) is 24.5 Å². The number of rotatable bonds is 2. The topological polar surface area (TPSA) is 94.3 Å². The first-order valence-electron chi connectivity index (χ1n) is 7.20. The van der Waals surface area contributed by atoms with Gasteiger partial charge in [0.05, 0.1) is 0 Å². The van der Waals surface area contributed by atoms with Gasteiger partial charge in [0.2, 0.25) is 5.91 Å². The quantitative estimate of drug-likeness (QED) is 0.729. The molecule has 0 atom stereocenters. The molecule has 2 saturated heterocycles. The summed E-state index contributed by atoms with van der Waals surface area (Å²) >= 11 is 0. The summed E-state index contributed by atoms with van der Waals surface area (Å²) in [5.41, 5.74) is 0.923. The van der Waals surface area contributed by atoms with Crippen LogP contribution < -0.4 is 21.1 Å². The van der Waals surface area contributed by atoms with Crippen LogP contribution in [-0.2, 0) is 4.79 Å². The third-order valence-corrected chi connectivity index (χ3v) is 4.04. The summed E-state index contributed by atoms with van der Waals surface area (Å²) in [4.78, 5) is 39.4. The van der Waals surface area contributed by atoms with E-state index in [1.807, 2.05) is 6.07 Å². The summed E-state index contributed by atoms with van der Waals surface area (Å²) in [6.45, 7) is 2.14. The number of H-pyrrole nitrogens is 1. The van der Waals surface area contributed by atoms with Gasteiger partial charge in [-0.15, -0.1) is 0 Å². The Morgan fingerprint density at radius 1 is 1.10 bits per heavy atom. The van der Waals surface area contributed by atoms with Crippen LogP contribution in [0.2, 0.25) is 0 Å². The molecule has 0 bridgehead atoms. The van der Waals surface area contributed by atoms with Crippen LogP contribution in [0, 0.1) is 0 Å². The van der Waals surface area contributed by atoms with Crippen molar-refractivity contribution in [3.63, 3.8) is 0 Å². The number of anilines is 1. The van der Waals surface area contributed by atoms with E-state index in [-0.39, 0.29) is 30.1 Å². The number of carbonyl (C=O) groups is 2. The second-order valence-corrected chi connectivity index (χ2v) is 5.41. The number of hydrogen-bond acceptors (Lipinski definition) is 4. The van der Waals surface area contributed by atoms with Crippen LogP contribution in [0.3, 0.4) is 0 Å². The molecule has 2 aliphatic rings. The lowest BCUT2D eigenvalue weighted by Crippen LogP contribution is -2.51. The molecule has 3 amide bonds. The summed E-state index contributed by atoms with van der Waals surface area (Å²) in [5.74, 6) is 0.0452. The van der Waals surface area contributed by atoms with Crippen molar-refractivity contribution in [3.05, 3.63) is 28.2 Å². The Balaban J connectivity index is 1.82. The Kier molecular flexibility index (Phi) is 3.74. The Labute approximate surface area is 121 Å². The van der Waals surface area contributed by atoms with Gasteiger partial charge < -0.3 is 10.3 Å². The molecule has 7 heteroatoms. The average molecular weight is 290 g/mol. The second-order valence-electron chi connectivity index (χ2n) is 5.41. The third-order valence-electron chi connectivity index (χ3n) is 4.04. The van der Waals surface area contributed by atoms with E-state index in [0.717, 1.165) is 31.6 Å². The van der Waals surface area contributed by atoms with Crippen LogP contribution in [0.4, 0.5) is 10.5 Å². The lowest BCUT2D eigenvalue weighted by molar-refractivity contribution is -0.120. The smallest absolute Gasteiger partial charge is 0.324 e. The van der Waals surface area contributed by atoms with Crippen LogP contribution in [0.15, 0.2) is 16.9 Å². The van der Waals surface area contributed by atoms with E-state index in [1.165, 1.54) is 4.90 Å². The van der Waals surface area contributed by atoms with Crippen molar-refractivity contribution in [3.8, 4) is 0 Å². The van der Waals surface area contributed by atoms with Gasteiger partial charge in [0.1, 0.15) is 5.69 Å². The molecule has 3 heterocycles. The molecule has 1 aromatic heterocycles. The Hall–Kier alpha value is -2.15. The highest BCUT2D eigenvalue weighted by atomic mass is 16.2. The lowest BCUT2D eigenvalue weighted by Gasteiger charge is -2.27. The maximum atomic E-state index is 12.2. The molecule has 0 saturated carbocycles. The molecule has 0 spiro atoms. The number of amides is 3. The first kappa shape index (κ1) is 13.8. The molecule has 7 nitrogen and oxygen atoms in total. The van der Waals surface area contributed by atoms with Crippen molar-refractivity contribution < 1.29 is 9.59 Å². The SMILES string of the molecule is O=C1CCN(c2ccc(C3CCNCC3)[nH]c2=O)C(=O)N1. The Morgan fingerprint density at radius 3 is 2.52 bits per heavy atom. The number of hydrogen-bond donors (Lipinski definition) is 3. The molecule has 0 unspecified atom stereocenters. The minimum absolute atomic E-state index is 0.210. The van der Waals surface area contributed by atoms with E-state index in [9.17, 15) is 14.4 Å². The number of aromatic nitrogens is 1. The molecule has 0 aromatic carbocycles. The van der Waals surface area contributed by atoms with Gasteiger partial charge in [-0.3, -0.25) is 19.8 Å². The van der Waals surface area contributed by atoms with Crippen molar-refractivity contribution >= 4 is 17.6 Å². The highest BCUT2D eigenvalue weighted by Gasteiger charge is 2.26. The highest BCUT2D eigenvalue weighted by Crippen LogP contribution is 2.23. The highest BCUT2D eigenvalue weighted by molar-refractivity contribution is 6.05. The van der Waals surface area contributed by atoms with Gasteiger partial charge in [-0.05, 0) is 38.1 Å². The number of pyridine rings is 1. The lowest BCUT2D eigenvalue weighted by atomic mass is 9.94. The number of carbonyl (C=O) groups excluding carboxylic acids is 2. The molecule has 3 N–H and O–H groups in total. The maximum absolute atomic E-state index is 12.2. The monoisotopic (exact) mass is 290 g/mol. The molecule has 21 heavy (non-hydrogen) atoms. The minimum Gasteiger partial charge on any atom is -0.324 e. The Morgan fingerprint density at radius 2 is 1.86 bits per heavy atom. The summed E-state index contributed by atoms with van der Waals surface area (Å²) < 4.78 is 0. The van der Waals surface area contributed by atoms with Gasteiger partial charge in [-0.2, -0.15) is 0 Å². The number of nitrogens with one attached hydrogen (secondary N) is 3. The van der Waals surface area contributed by atoms with Gasteiger partial charge in [0, 0.05) is 24.6 Å². The number of imide groups is 1. The molecular formula is C14H18N4O3. The maximum Gasteiger partial charge on any atom is 0.328 e. The number of urea groups is 1. The zero-order chi connectivity index (χ0) is 14.8. The third kappa shape index (κ3) is 2.82. The van der Waals surface area contributed by atoms with Gasteiger partial charge >= 0.3 is 6.03 Å². The van der Waals surface area contributed by atoms with Gasteiger partial charge in [-0.1, -0.05) is 0 Å². The van der Waals surface area contributed by atoms with E-state index < -0.39 is 6.03 Å². The van der Waals surface area contributed by atoms with Gasteiger partial charge in [0.25, 0.3) is 5.56 Å². The van der Waals surface area contributed by atoms with E-state index in [1.54, 1.807) is 6.07 Å². The zero-order valence-corrected chi connectivity index (χ0v) is 11.6. The molecule has 0 radical (unpaired) electrons. The standard InChI is InChI=1S/C14H18N4O3/c19-12-5-8-18(14(21)17-12)11-2-1-10(16-13(11)20)9-3-6-15-7-4-9/h1-2,9,15H,3-8H2,(H,16,20)(H,17,19,21). The van der Waals surface area contributed by atoms with Crippen LogP contribution >= 0.6 is 0 Å². The van der Waals surface area contributed by atoms with Crippen molar-refractivity contribution in [1.82, 2.24) is 15.6 Å². The molecule has 0 aliphatic carbocycles. The van der Waals surface area contributed by atoms with E-state index in [2.05, 4.69) is 15.6 Å². The van der Waals surface area contributed by atoms with Crippen LogP contribution in [0.5, 0.6) is 0 Å². The number of piperidine rings is 1. The predicted octanol–water partition coefficient (Wildman–Crippen LogP) is 0.288. The minimum atomic E-state index is -0.536. The second kappa shape index (κ2) is 5.69. The predicted molar refractivity (Wildman–Crippen MR) is 77.4 cm³/mol. The Bertz CT molecular complexity index is 619. The molecular weight excluding hydrogens is 272 g/mol. The summed E-state index contributed by atoms with van der Waals surface area (Å²) in [6.07, 6.45) is 2.20. The molecule has 3 rings (SSSR count). The fraction of sp³-hybridized carbons (Fsp3) is 0.500. The van der Waals surface area contributed by atoms with Gasteiger partial charge in [0.15, 0.2) is 0 Å². The summed E-state index contributed by atoms with van der Waals surface area (Å²) in [6, 6.07) is 3.01. The fourth-order valence-electron chi connectivity index (χ4n) is 2.86. The number of nitrogens with zero attached hydrogens (tertiary/aromatic N) is 1. The first-order chi connectivity index (χ1) is 10.1. The average Bonchev–Trinajstić information content (AvgIpc) is 2.49. The van der Waals surface area contributed by atoms with Gasteiger partial charge in [-0.25, -0.2) is 4.79 Å². The molecule has 2 fully saturated rings. The zero-order valence-electron chi connectivity index (χ0n) is 11.6. The van der Waals surface area contributed by atoms with Crippen LogP contribution in [0.25, 0.3) is 0 Å².